The average Bonchev–Trinajstić information content (AvgIpc) is 3.47. The summed E-state index contributed by atoms with van der Waals surface area (Å²) in [5, 5.41) is 14.4. The van der Waals surface area contributed by atoms with E-state index in [9.17, 15) is 0 Å². The highest BCUT2D eigenvalue weighted by atomic mass is 79.9. The second-order valence-electron chi connectivity index (χ2n) is 6.84. The number of hydrogen-bond donors (Lipinski definition) is 1. The van der Waals surface area contributed by atoms with E-state index in [4.69, 9.17) is 9.26 Å². The number of fused-ring (bicyclic) bond motifs is 1. The van der Waals surface area contributed by atoms with Gasteiger partial charge in [-0.1, -0.05) is 69.2 Å². The van der Waals surface area contributed by atoms with Crippen LogP contribution in [0.1, 0.15) is 11.5 Å². The number of thioether (sulfide) groups is 1. The summed E-state index contributed by atoms with van der Waals surface area (Å²) >= 11 is 4.90. The molecule has 0 saturated heterocycles. The molecule has 5 aromatic rings. The van der Waals surface area contributed by atoms with Crippen LogP contribution in [-0.4, -0.2) is 20.3 Å². The Morgan fingerprint density at radius 2 is 1.81 bits per heavy atom. The monoisotopic (exact) mass is 492 g/mol. The Kier molecular flexibility index (Phi) is 5.73. The van der Waals surface area contributed by atoms with Crippen LogP contribution in [0.25, 0.3) is 22.1 Å². The summed E-state index contributed by atoms with van der Waals surface area (Å²) in [6, 6.07) is 24.1. The van der Waals surface area contributed by atoms with Gasteiger partial charge in [-0.15, -0.1) is 5.10 Å². The van der Waals surface area contributed by atoms with E-state index in [1.54, 1.807) is 0 Å². The Morgan fingerprint density at radius 1 is 0.968 bits per heavy atom. The quantitative estimate of drug-likeness (QED) is 0.270. The molecule has 2 aromatic heterocycles. The van der Waals surface area contributed by atoms with Gasteiger partial charge in [0.1, 0.15) is 12.4 Å². The molecule has 0 fully saturated rings. The SMILES string of the molecule is Brc1ccc(OCc2nc(SCc3cc(-c4ccc5ccccc5c4)on3)n[nH]2)cc1. The number of aromatic amines is 1. The van der Waals surface area contributed by atoms with Crippen molar-refractivity contribution in [3.8, 4) is 17.1 Å². The number of nitrogens with zero attached hydrogens (tertiary/aromatic N) is 3. The van der Waals surface area contributed by atoms with Crippen molar-refractivity contribution < 1.29 is 9.26 Å². The van der Waals surface area contributed by atoms with Crippen LogP contribution >= 0.6 is 27.7 Å². The molecule has 0 aliphatic carbocycles. The fourth-order valence-corrected chi connectivity index (χ4v) is 4.05. The van der Waals surface area contributed by atoms with E-state index in [2.05, 4.69) is 60.5 Å². The minimum atomic E-state index is 0.325. The number of ether oxygens (including phenoxy) is 1. The van der Waals surface area contributed by atoms with E-state index in [-0.39, 0.29) is 0 Å². The highest BCUT2D eigenvalue weighted by Gasteiger charge is 2.10. The van der Waals surface area contributed by atoms with Crippen molar-refractivity contribution in [2.75, 3.05) is 0 Å². The van der Waals surface area contributed by atoms with Crippen LogP contribution in [0.3, 0.4) is 0 Å². The zero-order valence-corrected chi connectivity index (χ0v) is 18.7. The smallest absolute Gasteiger partial charge is 0.208 e. The Hall–Kier alpha value is -3.10. The van der Waals surface area contributed by atoms with Gasteiger partial charge in [0, 0.05) is 21.9 Å². The van der Waals surface area contributed by atoms with Crippen LogP contribution in [0.15, 0.2) is 86.9 Å². The number of hydrogen-bond acceptors (Lipinski definition) is 6. The number of nitrogens with one attached hydrogen (secondary N) is 1. The van der Waals surface area contributed by atoms with Gasteiger partial charge in [-0.05, 0) is 41.1 Å². The number of rotatable bonds is 7. The van der Waals surface area contributed by atoms with E-state index in [0.717, 1.165) is 27.2 Å². The van der Waals surface area contributed by atoms with Crippen molar-refractivity contribution in [1.82, 2.24) is 20.3 Å². The summed E-state index contributed by atoms with van der Waals surface area (Å²) < 4.78 is 12.3. The molecule has 0 unspecified atom stereocenters. The first-order chi connectivity index (χ1) is 15.2. The van der Waals surface area contributed by atoms with Crippen LogP contribution in [0.4, 0.5) is 0 Å². The van der Waals surface area contributed by atoms with Crippen LogP contribution < -0.4 is 4.74 Å². The molecular formula is C23H17BrN4O2S. The maximum Gasteiger partial charge on any atom is 0.208 e. The number of H-pyrrole nitrogens is 1. The molecule has 0 saturated carbocycles. The lowest BCUT2D eigenvalue weighted by atomic mass is 10.1. The van der Waals surface area contributed by atoms with E-state index >= 15 is 0 Å². The summed E-state index contributed by atoms with van der Waals surface area (Å²) in [4.78, 5) is 4.46. The fraction of sp³-hybridized carbons (Fsp3) is 0.0870. The largest absolute Gasteiger partial charge is 0.486 e. The van der Waals surface area contributed by atoms with Crippen LogP contribution in [0, 0.1) is 0 Å². The fourth-order valence-electron chi connectivity index (χ4n) is 3.09. The van der Waals surface area contributed by atoms with Gasteiger partial charge in [-0.2, -0.15) is 0 Å². The maximum absolute atomic E-state index is 5.71. The number of halogens is 1. The van der Waals surface area contributed by atoms with E-state index in [0.29, 0.717) is 23.3 Å². The Morgan fingerprint density at radius 3 is 2.68 bits per heavy atom. The lowest BCUT2D eigenvalue weighted by Gasteiger charge is -2.03. The van der Waals surface area contributed by atoms with Gasteiger partial charge in [0.15, 0.2) is 11.6 Å². The predicted octanol–water partition coefficient (Wildman–Crippen LogP) is 6.25. The third kappa shape index (κ3) is 4.81. The summed E-state index contributed by atoms with van der Waals surface area (Å²) in [6.45, 7) is 0.325. The molecule has 0 bridgehead atoms. The third-order valence-corrected chi connectivity index (χ3v) is 6.05. The highest BCUT2D eigenvalue weighted by molar-refractivity contribution is 9.10. The van der Waals surface area contributed by atoms with Crippen molar-refractivity contribution in [2.24, 2.45) is 0 Å². The van der Waals surface area contributed by atoms with Gasteiger partial charge in [0.2, 0.25) is 5.16 Å². The van der Waals surface area contributed by atoms with E-state index in [1.807, 2.05) is 48.5 Å². The molecule has 0 atom stereocenters. The van der Waals surface area contributed by atoms with Crippen LogP contribution in [-0.2, 0) is 12.4 Å². The van der Waals surface area contributed by atoms with Gasteiger partial charge in [-0.25, -0.2) is 4.98 Å². The molecule has 0 aliphatic heterocycles. The van der Waals surface area contributed by atoms with Crippen LogP contribution in [0.5, 0.6) is 5.75 Å². The Balaban J connectivity index is 1.19. The van der Waals surface area contributed by atoms with Crippen molar-refractivity contribution in [3.05, 3.63) is 88.8 Å². The molecule has 154 valence electrons. The molecule has 0 radical (unpaired) electrons. The van der Waals surface area contributed by atoms with Gasteiger partial charge in [0.05, 0.1) is 5.69 Å². The number of aromatic nitrogens is 4. The van der Waals surface area contributed by atoms with Crippen molar-refractivity contribution in [3.63, 3.8) is 0 Å². The second-order valence-corrected chi connectivity index (χ2v) is 8.70. The Labute approximate surface area is 191 Å². The summed E-state index contributed by atoms with van der Waals surface area (Å²) in [5.74, 6) is 2.81. The Bertz CT molecular complexity index is 1320. The zero-order valence-electron chi connectivity index (χ0n) is 16.3. The number of benzene rings is 3. The molecule has 3 aromatic carbocycles. The summed E-state index contributed by atoms with van der Waals surface area (Å²) in [5.41, 5.74) is 1.85. The first kappa shape index (κ1) is 19.8. The lowest BCUT2D eigenvalue weighted by molar-refractivity contribution is 0.296. The second kappa shape index (κ2) is 8.95. The third-order valence-electron chi connectivity index (χ3n) is 4.64. The van der Waals surface area contributed by atoms with E-state index in [1.165, 1.54) is 22.5 Å². The molecule has 31 heavy (non-hydrogen) atoms. The van der Waals surface area contributed by atoms with E-state index < -0.39 is 0 Å². The average molecular weight is 493 g/mol. The molecular weight excluding hydrogens is 476 g/mol. The molecule has 6 nitrogen and oxygen atoms in total. The molecule has 0 amide bonds. The standard InChI is InChI=1S/C23H17BrN4O2S/c24-18-7-9-20(10-8-18)29-13-22-25-23(27-26-22)31-14-19-12-21(30-28-19)17-6-5-15-3-1-2-4-16(15)11-17/h1-12H,13-14H2,(H,25,26,27). The van der Waals surface area contributed by atoms with Gasteiger partial charge in [-0.3, -0.25) is 5.10 Å². The molecule has 0 aliphatic rings. The lowest BCUT2D eigenvalue weighted by Crippen LogP contribution is -1.97. The van der Waals surface area contributed by atoms with Crippen molar-refractivity contribution >= 4 is 38.5 Å². The van der Waals surface area contributed by atoms with Gasteiger partial charge >= 0.3 is 0 Å². The first-order valence-corrected chi connectivity index (χ1v) is 11.4. The topological polar surface area (TPSA) is 76.8 Å². The predicted molar refractivity (Wildman–Crippen MR) is 124 cm³/mol. The molecule has 5 rings (SSSR count). The summed E-state index contributed by atoms with van der Waals surface area (Å²) in [6.07, 6.45) is 0. The molecule has 0 spiro atoms. The zero-order chi connectivity index (χ0) is 21.0. The minimum Gasteiger partial charge on any atom is -0.486 e. The normalized spacial score (nSPS) is 11.1. The van der Waals surface area contributed by atoms with Crippen molar-refractivity contribution in [2.45, 2.75) is 17.5 Å². The maximum atomic E-state index is 5.71. The summed E-state index contributed by atoms with van der Waals surface area (Å²) in [7, 11) is 0. The van der Waals surface area contributed by atoms with Gasteiger partial charge < -0.3 is 9.26 Å². The minimum absolute atomic E-state index is 0.325. The molecule has 2 heterocycles. The highest BCUT2D eigenvalue weighted by Crippen LogP contribution is 2.27. The molecule has 1 N–H and O–H groups in total. The van der Waals surface area contributed by atoms with Crippen molar-refractivity contribution in [1.29, 1.82) is 0 Å². The van der Waals surface area contributed by atoms with Gasteiger partial charge in [0.25, 0.3) is 0 Å². The first-order valence-electron chi connectivity index (χ1n) is 9.60. The molecule has 8 heteroatoms. The van der Waals surface area contributed by atoms with Crippen LogP contribution in [0.2, 0.25) is 0 Å².